The predicted octanol–water partition coefficient (Wildman–Crippen LogP) is 9.68. The molecule has 4 nitrogen and oxygen atoms in total. The lowest BCUT2D eigenvalue weighted by molar-refractivity contribution is -0.146. The highest BCUT2D eigenvalue weighted by Crippen LogP contribution is 2.54. The lowest BCUT2D eigenvalue weighted by Crippen LogP contribution is -2.45. The summed E-state index contributed by atoms with van der Waals surface area (Å²) in [6.07, 6.45) is 11.5. The Bertz CT molecular complexity index is 864. The molecule has 2 aliphatic carbocycles. The van der Waals surface area contributed by atoms with Crippen molar-refractivity contribution in [1.82, 2.24) is 0 Å². The number of rotatable bonds is 12. The number of ether oxygens (including phenoxy) is 1. The highest BCUT2D eigenvalue weighted by Gasteiger charge is 2.54. The minimum atomic E-state index is -1.98. The molecule has 0 spiro atoms. The first-order valence-electron chi connectivity index (χ1n) is 15.6. The van der Waals surface area contributed by atoms with Crippen molar-refractivity contribution in [3.05, 3.63) is 24.3 Å². The molecule has 7 atom stereocenters. The second kappa shape index (κ2) is 13.1. The zero-order valence-corrected chi connectivity index (χ0v) is 29.8. The van der Waals surface area contributed by atoms with Gasteiger partial charge in [0.05, 0.1) is 12.2 Å². The SMILES string of the molecule is C=C1C[C@@H]2[C@H](/C=C/[C@H](C[C@@H](C)CCCC)O[Si](C)(C)C(C)(C)C)[C@H](O[Si](C)(C)C(C)(C)C)C[C@@H]2C1OC(C)=O. The molecule has 39 heavy (non-hydrogen) atoms. The van der Waals surface area contributed by atoms with Crippen LogP contribution in [0.1, 0.15) is 101 Å². The van der Waals surface area contributed by atoms with Crippen molar-refractivity contribution < 1.29 is 18.4 Å². The van der Waals surface area contributed by atoms with Gasteiger partial charge in [-0.25, -0.2) is 0 Å². The normalized spacial score (nSPS) is 28.1. The van der Waals surface area contributed by atoms with Crippen LogP contribution in [0.2, 0.25) is 36.3 Å². The fourth-order valence-electron chi connectivity index (χ4n) is 5.86. The predicted molar refractivity (Wildman–Crippen MR) is 171 cm³/mol. The second-order valence-electron chi connectivity index (χ2n) is 15.7. The standard InChI is InChI=1S/C33H62O4Si2/c1-15-16-17-23(2)20-26(36-38(11,12)32(5,6)7)18-19-27-28-21-24(3)31(35-25(4)34)29(28)22-30(27)37-39(13,14)33(8,9)10/h18-19,23,26-31H,3,15-17,20-22H2,1-2,4-14H3/b19-18+/t23-,26+,27-,28+,29-,30+,31?/m0/s1. The number of fused-ring (bicyclic) bond motifs is 1. The van der Waals surface area contributed by atoms with Crippen LogP contribution >= 0.6 is 0 Å². The third-order valence-corrected chi connectivity index (χ3v) is 19.3. The van der Waals surface area contributed by atoms with E-state index in [-0.39, 0.29) is 46.2 Å². The smallest absolute Gasteiger partial charge is 0.303 e. The van der Waals surface area contributed by atoms with E-state index in [9.17, 15) is 4.79 Å². The zero-order valence-electron chi connectivity index (χ0n) is 27.8. The first kappa shape index (κ1) is 34.5. The summed E-state index contributed by atoms with van der Waals surface area (Å²) in [5.41, 5.74) is 1.06. The van der Waals surface area contributed by atoms with E-state index in [0.717, 1.165) is 24.8 Å². The molecule has 0 aliphatic heterocycles. The highest BCUT2D eigenvalue weighted by atomic mass is 28.4. The summed E-state index contributed by atoms with van der Waals surface area (Å²) in [5.74, 6) is 1.34. The molecule has 0 bridgehead atoms. The van der Waals surface area contributed by atoms with Gasteiger partial charge in [-0.3, -0.25) is 4.79 Å². The van der Waals surface area contributed by atoms with Gasteiger partial charge in [-0.1, -0.05) is 93.4 Å². The first-order valence-corrected chi connectivity index (χ1v) is 21.4. The van der Waals surface area contributed by atoms with Gasteiger partial charge in [0.25, 0.3) is 0 Å². The summed E-state index contributed by atoms with van der Waals surface area (Å²) in [6, 6.07) is 0. The molecule has 0 aromatic rings. The van der Waals surface area contributed by atoms with Gasteiger partial charge in [0.1, 0.15) is 6.10 Å². The van der Waals surface area contributed by atoms with Crippen LogP contribution in [-0.2, 0) is 18.4 Å². The number of unbranched alkanes of at least 4 members (excludes halogenated alkanes) is 1. The third-order valence-electron chi connectivity index (χ3n) is 10.3. The Morgan fingerprint density at radius 2 is 1.64 bits per heavy atom. The van der Waals surface area contributed by atoms with Crippen molar-refractivity contribution in [3.8, 4) is 0 Å². The summed E-state index contributed by atoms with van der Waals surface area (Å²) in [4.78, 5) is 11.9. The summed E-state index contributed by atoms with van der Waals surface area (Å²) in [6.45, 7) is 33.8. The molecule has 2 aliphatic rings. The van der Waals surface area contributed by atoms with Crippen molar-refractivity contribution in [2.24, 2.45) is 23.7 Å². The van der Waals surface area contributed by atoms with Gasteiger partial charge in [0.15, 0.2) is 16.6 Å². The van der Waals surface area contributed by atoms with E-state index in [4.69, 9.17) is 13.6 Å². The van der Waals surface area contributed by atoms with E-state index < -0.39 is 16.6 Å². The van der Waals surface area contributed by atoms with Gasteiger partial charge in [0, 0.05) is 18.8 Å². The van der Waals surface area contributed by atoms with Gasteiger partial charge in [-0.2, -0.15) is 0 Å². The monoisotopic (exact) mass is 578 g/mol. The number of hydrogen-bond acceptors (Lipinski definition) is 4. The average molecular weight is 579 g/mol. The van der Waals surface area contributed by atoms with E-state index in [0.29, 0.717) is 11.8 Å². The molecule has 2 rings (SSSR count). The molecule has 0 saturated heterocycles. The first-order chi connectivity index (χ1) is 17.7. The molecule has 226 valence electrons. The Morgan fingerprint density at radius 3 is 2.15 bits per heavy atom. The Balaban J connectivity index is 2.41. The summed E-state index contributed by atoms with van der Waals surface area (Å²) >= 11 is 0. The van der Waals surface area contributed by atoms with Crippen LogP contribution in [0.25, 0.3) is 0 Å². The molecule has 0 radical (unpaired) electrons. The molecule has 0 heterocycles. The molecular formula is C33H62O4Si2. The van der Waals surface area contributed by atoms with Crippen LogP contribution < -0.4 is 0 Å². The van der Waals surface area contributed by atoms with Crippen LogP contribution in [0.4, 0.5) is 0 Å². The maximum Gasteiger partial charge on any atom is 0.303 e. The number of carbonyl (C=O) groups excluding carboxylic acids is 1. The molecule has 0 amide bonds. The number of hydrogen-bond donors (Lipinski definition) is 0. The third kappa shape index (κ3) is 8.89. The zero-order chi connectivity index (χ0) is 30.0. The molecule has 2 saturated carbocycles. The fourth-order valence-corrected chi connectivity index (χ4v) is 8.51. The second-order valence-corrected chi connectivity index (χ2v) is 25.2. The van der Waals surface area contributed by atoms with Crippen molar-refractivity contribution in [2.45, 2.75) is 155 Å². The van der Waals surface area contributed by atoms with Crippen molar-refractivity contribution in [3.63, 3.8) is 0 Å². The van der Waals surface area contributed by atoms with Crippen molar-refractivity contribution in [2.75, 3.05) is 0 Å². The van der Waals surface area contributed by atoms with E-state index in [1.807, 2.05) is 0 Å². The maximum absolute atomic E-state index is 11.9. The Labute approximate surface area is 244 Å². The summed E-state index contributed by atoms with van der Waals surface area (Å²) in [5, 5.41) is 0.305. The molecule has 0 N–H and O–H groups in total. The van der Waals surface area contributed by atoms with Crippen LogP contribution in [0.15, 0.2) is 24.3 Å². The minimum absolute atomic E-state index is 0.110. The Kier molecular flexibility index (Phi) is 11.6. The molecule has 1 unspecified atom stereocenters. The largest absolute Gasteiger partial charge is 0.458 e. The summed E-state index contributed by atoms with van der Waals surface area (Å²) < 4.78 is 20.0. The van der Waals surface area contributed by atoms with E-state index in [2.05, 4.69) is 100 Å². The van der Waals surface area contributed by atoms with Gasteiger partial charge in [-0.05, 0) is 72.9 Å². The van der Waals surface area contributed by atoms with Crippen LogP contribution in [0.3, 0.4) is 0 Å². The van der Waals surface area contributed by atoms with Gasteiger partial charge in [0.2, 0.25) is 0 Å². The minimum Gasteiger partial charge on any atom is -0.458 e. The Hall–Kier alpha value is -0.696. The van der Waals surface area contributed by atoms with Gasteiger partial charge in [-0.15, -0.1) is 0 Å². The van der Waals surface area contributed by atoms with Crippen LogP contribution in [0, 0.1) is 23.7 Å². The van der Waals surface area contributed by atoms with Crippen molar-refractivity contribution in [1.29, 1.82) is 0 Å². The number of carbonyl (C=O) groups is 1. The quantitative estimate of drug-likeness (QED) is 0.131. The topological polar surface area (TPSA) is 44.8 Å². The molecule has 2 fully saturated rings. The molecule has 0 aromatic heterocycles. The molecule has 0 aromatic carbocycles. The Morgan fingerprint density at radius 1 is 1.05 bits per heavy atom. The highest BCUT2D eigenvalue weighted by molar-refractivity contribution is 6.74. The lowest BCUT2D eigenvalue weighted by Gasteiger charge is -2.40. The van der Waals surface area contributed by atoms with E-state index in [1.165, 1.54) is 26.2 Å². The van der Waals surface area contributed by atoms with Crippen molar-refractivity contribution >= 4 is 22.6 Å². The molecule has 6 heteroatoms. The average Bonchev–Trinajstić information content (AvgIpc) is 3.22. The maximum atomic E-state index is 11.9. The fraction of sp³-hybridized carbons (Fsp3) is 0.848. The van der Waals surface area contributed by atoms with E-state index >= 15 is 0 Å². The van der Waals surface area contributed by atoms with E-state index in [1.54, 1.807) is 0 Å². The van der Waals surface area contributed by atoms with Crippen LogP contribution in [-0.4, -0.2) is 40.9 Å². The molecular weight excluding hydrogens is 517 g/mol. The lowest BCUT2D eigenvalue weighted by atomic mass is 9.89. The van der Waals surface area contributed by atoms with Gasteiger partial charge >= 0.3 is 5.97 Å². The summed E-state index contributed by atoms with van der Waals surface area (Å²) in [7, 11) is -3.92. The number of esters is 1. The van der Waals surface area contributed by atoms with Gasteiger partial charge < -0.3 is 13.6 Å². The van der Waals surface area contributed by atoms with Crippen LogP contribution in [0.5, 0.6) is 0 Å².